The van der Waals surface area contributed by atoms with Crippen molar-refractivity contribution >= 4 is 17.6 Å². The maximum atomic E-state index is 12.3. The Kier molecular flexibility index (Phi) is 7.79. The van der Waals surface area contributed by atoms with Crippen molar-refractivity contribution in [2.24, 2.45) is 5.92 Å². The molecule has 0 radical (unpaired) electrons. The Hall–Kier alpha value is -2.00. The minimum atomic E-state index is -0.368. The van der Waals surface area contributed by atoms with Gasteiger partial charge in [0.1, 0.15) is 18.1 Å². The quantitative estimate of drug-likeness (QED) is 0.291. The molecule has 2 aromatic carbocycles. The average molecular weight is 401 g/mol. The first kappa shape index (κ1) is 20.7. The number of ether oxygens (including phenoxy) is 2. The Morgan fingerprint density at radius 2 is 1.64 bits per heavy atom. The number of hydrogen-bond donors (Lipinski definition) is 0. The van der Waals surface area contributed by atoms with E-state index in [1.54, 1.807) is 24.3 Å². The van der Waals surface area contributed by atoms with Crippen LogP contribution >= 0.6 is 11.6 Å². The van der Waals surface area contributed by atoms with Crippen LogP contribution in [0.1, 0.15) is 61.4 Å². The second-order valence-corrected chi connectivity index (χ2v) is 8.44. The minimum absolute atomic E-state index is 0.0599. The number of benzene rings is 2. The molecule has 0 spiro atoms. The van der Waals surface area contributed by atoms with Crippen LogP contribution in [-0.4, -0.2) is 18.0 Å². The van der Waals surface area contributed by atoms with Crippen molar-refractivity contribution in [2.45, 2.75) is 57.2 Å². The lowest BCUT2D eigenvalue weighted by Gasteiger charge is -2.21. The van der Waals surface area contributed by atoms with Crippen molar-refractivity contribution in [1.29, 1.82) is 0 Å². The number of halogens is 1. The molecule has 0 aromatic heterocycles. The Bertz CT molecular complexity index is 731. The fraction of sp³-hybridized carbons (Fsp3) is 0.458. The summed E-state index contributed by atoms with van der Waals surface area (Å²) >= 11 is 5.87. The van der Waals surface area contributed by atoms with E-state index in [-0.39, 0.29) is 11.3 Å². The van der Waals surface area contributed by atoms with E-state index in [1.165, 1.54) is 44.1 Å². The summed E-state index contributed by atoms with van der Waals surface area (Å²) in [5.74, 6) is 1.77. The van der Waals surface area contributed by atoms with E-state index in [2.05, 4.69) is 12.1 Å². The zero-order valence-electron chi connectivity index (χ0n) is 16.5. The highest BCUT2D eigenvalue weighted by Crippen LogP contribution is 2.28. The molecular weight excluding hydrogens is 372 g/mol. The zero-order chi connectivity index (χ0) is 19.8. The van der Waals surface area contributed by atoms with Crippen molar-refractivity contribution in [3.8, 4) is 11.5 Å². The summed E-state index contributed by atoms with van der Waals surface area (Å²) in [6.45, 7) is 2.30. The molecule has 1 unspecified atom stereocenters. The summed E-state index contributed by atoms with van der Waals surface area (Å²) < 4.78 is 11.0. The molecule has 1 saturated carbocycles. The van der Waals surface area contributed by atoms with E-state index >= 15 is 0 Å². The number of hydrogen-bond acceptors (Lipinski definition) is 3. The van der Waals surface area contributed by atoms with Gasteiger partial charge in [0.25, 0.3) is 0 Å². The normalized spacial score (nSPS) is 15.8. The minimum Gasteiger partial charge on any atom is -0.492 e. The highest BCUT2D eigenvalue weighted by molar-refractivity contribution is 6.20. The number of carbonyl (C=O) groups excluding carboxylic acids is 1. The van der Waals surface area contributed by atoms with Gasteiger partial charge in [0.05, 0.1) is 10.9 Å². The van der Waals surface area contributed by atoms with Crippen LogP contribution in [0.4, 0.5) is 0 Å². The van der Waals surface area contributed by atoms with Gasteiger partial charge in [-0.15, -0.1) is 11.6 Å². The van der Waals surface area contributed by atoms with E-state index < -0.39 is 0 Å². The lowest BCUT2D eigenvalue weighted by Crippen LogP contribution is -2.10. The molecule has 0 N–H and O–H groups in total. The molecule has 1 fully saturated rings. The monoisotopic (exact) mass is 400 g/mol. The van der Waals surface area contributed by atoms with E-state index in [0.29, 0.717) is 23.7 Å². The molecule has 150 valence electrons. The Morgan fingerprint density at radius 1 is 1.00 bits per heavy atom. The van der Waals surface area contributed by atoms with Gasteiger partial charge in [0.2, 0.25) is 0 Å². The lowest BCUT2D eigenvalue weighted by atomic mass is 9.85. The van der Waals surface area contributed by atoms with E-state index in [0.717, 1.165) is 12.3 Å². The van der Waals surface area contributed by atoms with Crippen molar-refractivity contribution in [3.63, 3.8) is 0 Å². The van der Waals surface area contributed by atoms with E-state index in [4.69, 9.17) is 21.1 Å². The first-order valence-corrected chi connectivity index (χ1v) is 10.7. The Labute approximate surface area is 173 Å². The van der Waals surface area contributed by atoms with Crippen LogP contribution in [0.2, 0.25) is 0 Å². The molecule has 0 saturated heterocycles. The number of esters is 1. The Morgan fingerprint density at radius 3 is 2.29 bits per heavy atom. The van der Waals surface area contributed by atoms with Gasteiger partial charge in [0.15, 0.2) is 0 Å². The summed E-state index contributed by atoms with van der Waals surface area (Å²) in [5, 5.41) is -0.0599. The van der Waals surface area contributed by atoms with Gasteiger partial charge in [-0.3, -0.25) is 0 Å². The molecule has 28 heavy (non-hydrogen) atoms. The smallest absolute Gasteiger partial charge is 0.343 e. The first-order valence-electron chi connectivity index (χ1n) is 10.3. The van der Waals surface area contributed by atoms with Crippen molar-refractivity contribution in [3.05, 3.63) is 59.7 Å². The molecule has 3 nitrogen and oxygen atoms in total. The van der Waals surface area contributed by atoms with Gasteiger partial charge in [-0.05, 0) is 67.6 Å². The molecule has 2 aromatic rings. The second-order valence-electron chi connectivity index (χ2n) is 7.69. The van der Waals surface area contributed by atoms with Gasteiger partial charge in [-0.1, -0.05) is 44.2 Å². The van der Waals surface area contributed by atoms with Gasteiger partial charge >= 0.3 is 5.97 Å². The van der Waals surface area contributed by atoms with Gasteiger partial charge in [-0.2, -0.15) is 0 Å². The summed E-state index contributed by atoms with van der Waals surface area (Å²) in [6, 6.07) is 14.8. The van der Waals surface area contributed by atoms with Crippen molar-refractivity contribution in [2.75, 3.05) is 6.61 Å². The third kappa shape index (κ3) is 6.56. The van der Waals surface area contributed by atoms with Crippen molar-refractivity contribution < 1.29 is 14.3 Å². The summed E-state index contributed by atoms with van der Waals surface area (Å²) in [4.78, 5) is 12.3. The summed E-state index contributed by atoms with van der Waals surface area (Å²) in [7, 11) is 0. The average Bonchev–Trinajstić information content (AvgIpc) is 2.73. The van der Waals surface area contributed by atoms with Gasteiger partial charge in [-0.25, -0.2) is 4.79 Å². The predicted molar refractivity (Wildman–Crippen MR) is 114 cm³/mol. The maximum Gasteiger partial charge on any atom is 0.343 e. The van der Waals surface area contributed by atoms with Crippen LogP contribution in [0.5, 0.6) is 11.5 Å². The molecule has 3 rings (SSSR count). The number of carbonyl (C=O) groups is 1. The second kappa shape index (κ2) is 10.5. The van der Waals surface area contributed by atoms with Crippen LogP contribution in [0, 0.1) is 5.92 Å². The molecule has 0 bridgehead atoms. The molecular formula is C24H29ClO3. The van der Waals surface area contributed by atoms with E-state index in [1.807, 2.05) is 19.1 Å². The maximum absolute atomic E-state index is 12.3. The molecule has 0 heterocycles. The molecule has 0 aliphatic heterocycles. The SMILES string of the molecule is CC(Cl)COc1ccc(C(=O)Oc2ccc(CCC3CCCCC3)cc2)cc1. The predicted octanol–water partition coefficient (Wildman–Crippen LogP) is 6.42. The number of alkyl halides is 1. The molecule has 1 atom stereocenters. The third-order valence-electron chi connectivity index (χ3n) is 5.27. The molecule has 0 amide bonds. The topological polar surface area (TPSA) is 35.5 Å². The molecule has 4 heteroatoms. The fourth-order valence-electron chi connectivity index (χ4n) is 3.64. The van der Waals surface area contributed by atoms with Crippen LogP contribution in [0.25, 0.3) is 0 Å². The fourth-order valence-corrected chi connectivity index (χ4v) is 3.70. The molecule has 1 aliphatic rings. The standard InChI is InChI=1S/C24H29ClO3/c1-18(25)17-27-22-15-11-21(12-16-22)24(26)28-23-13-9-20(10-14-23)8-7-19-5-3-2-4-6-19/h9-16,18-19H,2-8,17H2,1H3. The lowest BCUT2D eigenvalue weighted by molar-refractivity contribution is 0.0734. The summed E-state index contributed by atoms with van der Waals surface area (Å²) in [6.07, 6.45) is 9.29. The van der Waals surface area contributed by atoms with Gasteiger partial charge < -0.3 is 9.47 Å². The third-order valence-corrected chi connectivity index (χ3v) is 5.40. The highest BCUT2D eigenvalue weighted by atomic mass is 35.5. The van der Waals surface area contributed by atoms with Crippen LogP contribution in [0.3, 0.4) is 0 Å². The van der Waals surface area contributed by atoms with Gasteiger partial charge in [0, 0.05) is 0 Å². The number of aryl methyl sites for hydroxylation is 1. The largest absolute Gasteiger partial charge is 0.492 e. The number of rotatable bonds is 8. The van der Waals surface area contributed by atoms with E-state index in [9.17, 15) is 4.79 Å². The first-order chi connectivity index (χ1) is 13.6. The Balaban J connectivity index is 1.48. The van der Waals surface area contributed by atoms with Crippen LogP contribution in [-0.2, 0) is 6.42 Å². The highest BCUT2D eigenvalue weighted by Gasteiger charge is 2.13. The van der Waals surface area contributed by atoms with Crippen LogP contribution < -0.4 is 9.47 Å². The van der Waals surface area contributed by atoms with Crippen molar-refractivity contribution in [1.82, 2.24) is 0 Å². The zero-order valence-corrected chi connectivity index (χ0v) is 17.3. The molecule has 1 aliphatic carbocycles. The van der Waals surface area contributed by atoms with Crippen LogP contribution in [0.15, 0.2) is 48.5 Å². The summed E-state index contributed by atoms with van der Waals surface area (Å²) in [5.41, 5.74) is 1.80.